The van der Waals surface area contributed by atoms with E-state index in [1.165, 1.54) is 19.9 Å². The summed E-state index contributed by atoms with van der Waals surface area (Å²) in [5, 5.41) is 0. The third kappa shape index (κ3) is 2.72. The van der Waals surface area contributed by atoms with Gasteiger partial charge in [0.2, 0.25) is 5.78 Å². The van der Waals surface area contributed by atoms with Gasteiger partial charge in [0.15, 0.2) is 18.0 Å². The summed E-state index contributed by atoms with van der Waals surface area (Å²) in [6.07, 6.45) is 2.19. The topological polar surface area (TPSA) is 99.3 Å². The molecule has 186 valence electrons. The molecule has 1 spiro atoms. The van der Waals surface area contributed by atoms with E-state index in [0.29, 0.717) is 31.3 Å². The van der Waals surface area contributed by atoms with Crippen molar-refractivity contribution >= 4 is 23.5 Å². The minimum absolute atomic E-state index is 0.0396. The van der Waals surface area contributed by atoms with Crippen molar-refractivity contribution in [3.05, 3.63) is 11.6 Å². The maximum Gasteiger partial charge on any atom is 0.303 e. The van der Waals surface area contributed by atoms with Gasteiger partial charge in [-0.3, -0.25) is 19.2 Å². The van der Waals surface area contributed by atoms with Crippen LogP contribution >= 0.6 is 0 Å². The SMILES string of the molecule is CC(=O)OCC(=O)[C@@]1(OC(C)=O)[C@@H](C)C[C@H]2[C@@H]3C[C@H](F)C4=CC(=O)CC[C@]4(C)[C@]34O[C@H]4C[C@@]21C. The Bertz CT molecular complexity index is 1020. The zero-order valence-electron chi connectivity index (χ0n) is 20.4. The molecule has 0 radical (unpaired) electrons. The first-order valence-electron chi connectivity index (χ1n) is 12.3. The van der Waals surface area contributed by atoms with Crippen LogP contribution in [-0.4, -0.2) is 53.6 Å². The second-order valence-corrected chi connectivity index (χ2v) is 11.5. The number of rotatable bonds is 4. The summed E-state index contributed by atoms with van der Waals surface area (Å²) >= 11 is 0. The smallest absolute Gasteiger partial charge is 0.303 e. The summed E-state index contributed by atoms with van der Waals surface area (Å²) in [6.45, 7) is 7.89. The summed E-state index contributed by atoms with van der Waals surface area (Å²) in [6, 6.07) is 0. The Kier molecular flexibility index (Phi) is 5.02. The standard InChI is InChI=1S/C26H33FO7/c1-13-8-17-18-10-20(27)19-9-16(30)6-7-23(19,4)26(18)22(34-26)11-24(17,5)25(13,33-15(3)29)21(31)12-32-14(2)28/h9,13,17-18,20,22H,6-8,10-12H2,1-5H3/t13-,17-,18-,20-,22-,23-,24-,25-,26-/m0/s1. The Morgan fingerprint density at radius 1 is 1.15 bits per heavy atom. The van der Waals surface area contributed by atoms with Crippen LogP contribution in [0.25, 0.3) is 0 Å². The number of carbonyl (C=O) groups is 4. The lowest BCUT2D eigenvalue weighted by molar-refractivity contribution is -0.194. The van der Waals surface area contributed by atoms with Crippen molar-refractivity contribution in [2.75, 3.05) is 6.61 Å². The summed E-state index contributed by atoms with van der Waals surface area (Å²) in [5.41, 5.74) is -2.88. The van der Waals surface area contributed by atoms with E-state index in [1.807, 2.05) is 20.8 Å². The van der Waals surface area contributed by atoms with Gasteiger partial charge in [0.25, 0.3) is 0 Å². The second-order valence-electron chi connectivity index (χ2n) is 11.5. The number of carbonyl (C=O) groups excluding carboxylic acids is 4. The Balaban J connectivity index is 1.59. The number of hydrogen-bond donors (Lipinski definition) is 0. The number of fused-ring (bicyclic) bond motifs is 3. The Morgan fingerprint density at radius 2 is 1.85 bits per heavy atom. The molecule has 3 saturated carbocycles. The number of ether oxygens (including phenoxy) is 3. The van der Waals surface area contributed by atoms with Gasteiger partial charge in [-0.2, -0.15) is 0 Å². The molecular weight excluding hydrogens is 443 g/mol. The first kappa shape index (κ1) is 23.6. The Hall–Kier alpha value is -2.09. The minimum Gasteiger partial charge on any atom is -0.458 e. The van der Waals surface area contributed by atoms with Crippen LogP contribution in [0, 0.1) is 28.6 Å². The lowest BCUT2D eigenvalue weighted by Crippen LogP contribution is -2.65. The molecule has 5 rings (SSSR count). The van der Waals surface area contributed by atoms with Gasteiger partial charge in [-0.25, -0.2) is 4.39 Å². The Labute approximate surface area is 198 Å². The van der Waals surface area contributed by atoms with Crippen molar-refractivity contribution in [1.82, 2.24) is 0 Å². The first-order valence-corrected chi connectivity index (χ1v) is 12.3. The average Bonchev–Trinajstić information content (AvgIpc) is 3.42. The van der Waals surface area contributed by atoms with Crippen LogP contribution in [0.15, 0.2) is 11.6 Å². The first-order chi connectivity index (χ1) is 15.8. The molecule has 9 atom stereocenters. The van der Waals surface area contributed by atoms with E-state index in [1.54, 1.807) is 0 Å². The monoisotopic (exact) mass is 476 g/mol. The third-order valence-electron chi connectivity index (χ3n) is 9.98. The fourth-order valence-electron chi connectivity index (χ4n) is 8.69. The molecule has 0 amide bonds. The van der Waals surface area contributed by atoms with Crippen molar-refractivity contribution in [2.45, 2.75) is 90.2 Å². The van der Waals surface area contributed by atoms with Crippen LogP contribution in [0.3, 0.4) is 0 Å². The molecule has 1 aliphatic heterocycles. The van der Waals surface area contributed by atoms with E-state index in [-0.39, 0.29) is 36.1 Å². The fourth-order valence-corrected chi connectivity index (χ4v) is 8.69. The largest absolute Gasteiger partial charge is 0.458 e. The number of alkyl halides is 1. The molecule has 1 saturated heterocycles. The molecule has 4 aliphatic carbocycles. The summed E-state index contributed by atoms with van der Waals surface area (Å²) < 4.78 is 33.1. The highest BCUT2D eigenvalue weighted by Crippen LogP contribution is 2.77. The third-order valence-corrected chi connectivity index (χ3v) is 9.98. The predicted octanol–water partition coefficient (Wildman–Crippen LogP) is 3.28. The second kappa shape index (κ2) is 7.21. The summed E-state index contributed by atoms with van der Waals surface area (Å²) in [7, 11) is 0. The number of esters is 2. The highest BCUT2D eigenvalue weighted by molar-refractivity contribution is 5.94. The molecule has 34 heavy (non-hydrogen) atoms. The number of halogens is 1. The molecule has 0 unspecified atom stereocenters. The van der Waals surface area contributed by atoms with Crippen molar-refractivity contribution in [3.8, 4) is 0 Å². The minimum atomic E-state index is -1.48. The van der Waals surface area contributed by atoms with Gasteiger partial charge in [0, 0.05) is 37.0 Å². The van der Waals surface area contributed by atoms with Crippen molar-refractivity contribution in [1.29, 1.82) is 0 Å². The molecule has 1 heterocycles. The van der Waals surface area contributed by atoms with Gasteiger partial charge in [0.05, 0.1) is 6.10 Å². The number of hydrogen-bond acceptors (Lipinski definition) is 7. The lowest BCUT2D eigenvalue weighted by atomic mass is 9.45. The van der Waals surface area contributed by atoms with Gasteiger partial charge in [-0.15, -0.1) is 0 Å². The van der Waals surface area contributed by atoms with Crippen LogP contribution in [0.2, 0.25) is 0 Å². The zero-order chi connectivity index (χ0) is 24.8. The Morgan fingerprint density at radius 3 is 2.50 bits per heavy atom. The molecule has 8 heteroatoms. The quantitative estimate of drug-likeness (QED) is 0.454. The van der Waals surface area contributed by atoms with Crippen LogP contribution in [0.5, 0.6) is 0 Å². The molecule has 5 aliphatic rings. The molecule has 0 aromatic heterocycles. The number of epoxide rings is 1. The zero-order valence-corrected chi connectivity index (χ0v) is 20.4. The molecule has 4 fully saturated rings. The highest BCUT2D eigenvalue weighted by atomic mass is 19.1. The molecule has 0 bridgehead atoms. The molecule has 7 nitrogen and oxygen atoms in total. The normalized spacial score (nSPS) is 48.5. The molecule has 0 aromatic carbocycles. The lowest BCUT2D eigenvalue weighted by Gasteiger charge is -2.57. The van der Waals surface area contributed by atoms with Gasteiger partial charge in [-0.1, -0.05) is 20.8 Å². The predicted molar refractivity (Wildman–Crippen MR) is 117 cm³/mol. The van der Waals surface area contributed by atoms with Gasteiger partial charge < -0.3 is 14.2 Å². The molecule has 0 aromatic rings. The molecule has 0 N–H and O–H groups in total. The van der Waals surface area contributed by atoms with E-state index in [2.05, 4.69) is 0 Å². The van der Waals surface area contributed by atoms with Crippen LogP contribution < -0.4 is 0 Å². The maximum atomic E-state index is 15.7. The van der Waals surface area contributed by atoms with E-state index in [9.17, 15) is 19.2 Å². The van der Waals surface area contributed by atoms with Crippen molar-refractivity contribution in [3.63, 3.8) is 0 Å². The molecular formula is C26H33FO7. The maximum absolute atomic E-state index is 15.7. The van der Waals surface area contributed by atoms with Crippen LogP contribution in [0.4, 0.5) is 4.39 Å². The summed E-state index contributed by atoms with van der Waals surface area (Å²) in [5.74, 6) is -2.28. The summed E-state index contributed by atoms with van der Waals surface area (Å²) in [4.78, 5) is 49.5. The van der Waals surface area contributed by atoms with Crippen LogP contribution in [-0.2, 0) is 33.4 Å². The van der Waals surface area contributed by atoms with E-state index < -0.39 is 52.5 Å². The van der Waals surface area contributed by atoms with Crippen LogP contribution in [0.1, 0.15) is 66.7 Å². The van der Waals surface area contributed by atoms with E-state index >= 15 is 4.39 Å². The van der Waals surface area contributed by atoms with E-state index in [4.69, 9.17) is 14.2 Å². The van der Waals surface area contributed by atoms with Crippen molar-refractivity contribution in [2.24, 2.45) is 28.6 Å². The number of Topliss-reactive ketones (excluding diaryl/α,β-unsaturated/α-hetero) is 1. The highest BCUT2D eigenvalue weighted by Gasteiger charge is 2.84. The van der Waals surface area contributed by atoms with Crippen molar-refractivity contribution < 1.29 is 37.8 Å². The van der Waals surface area contributed by atoms with Gasteiger partial charge >= 0.3 is 11.9 Å². The number of ketones is 2. The van der Waals surface area contributed by atoms with Gasteiger partial charge in [-0.05, 0) is 49.2 Å². The van der Waals surface area contributed by atoms with Gasteiger partial charge in [0.1, 0.15) is 11.8 Å². The van der Waals surface area contributed by atoms with E-state index in [0.717, 1.165) is 0 Å². The average molecular weight is 477 g/mol. The fraction of sp³-hybridized carbons (Fsp3) is 0.769.